The maximum atomic E-state index is 13.0. The molecular formula is C16H20F3N3. The molecule has 0 saturated heterocycles. The fraction of sp³-hybridized carbons (Fsp3) is 0.438. The van der Waals surface area contributed by atoms with Crippen LogP contribution < -0.4 is 5.32 Å². The van der Waals surface area contributed by atoms with E-state index >= 15 is 0 Å². The zero-order valence-electron chi connectivity index (χ0n) is 12.9. The van der Waals surface area contributed by atoms with Crippen molar-refractivity contribution >= 4 is 5.84 Å². The van der Waals surface area contributed by atoms with Gasteiger partial charge in [0.15, 0.2) is 0 Å². The summed E-state index contributed by atoms with van der Waals surface area (Å²) in [4.78, 5) is 6.39. The van der Waals surface area contributed by atoms with Crippen molar-refractivity contribution in [2.24, 2.45) is 4.99 Å². The molecule has 1 N–H and O–H groups in total. The van der Waals surface area contributed by atoms with E-state index in [-0.39, 0.29) is 5.56 Å². The van der Waals surface area contributed by atoms with Gasteiger partial charge < -0.3 is 10.2 Å². The molecule has 6 heteroatoms. The lowest BCUT2D eigenvalue weighted by Gasteiger charge is -2.27. The average Bonchev–Trinajstić information content (AvgIpc) is 2.47. The minimum atomic E-state index is -4.36. The van der Waals surface area contributed by atoms with Gasteiger partial charge in [0.1, 0.15) is 12.5 Å². The quantitative estimate of drug-likeness (QED) is 0.915. The minimum Gasteiger partial charge on any atom is -0.364 e. The molecule has 0 aromatic heterocycles. The number of rotatable bonds is 3. The van der Waals surface area contributed by atoms with Crippen LogP contribution in [0.3, 0.4) is 0 Å². The Morgan fingerprint density at radius 3 is 2.41 bits per heavy atom. The molecular weight excluding hydrogens is 291 g/mol. The standard InChI is InChI=1S/C16H20F3N3/c1-11(2)22-9-8-15(20-10-22)21-12(3)13-6-4-5-7-14(13)16(17,18)19/h4-9,11-12H,10H2,1-3H3,(H,20,21). The van der Waals surface area contributed by atoms with Crippen LogP contribution >= 0.6 is 0 Å². The van der Waals surface area contributed by atoms with Gasteiger partial charge in [0.05, 0.1) is 11.6 Å². The van der Waals surface area contributed by atoms with E-state index in [0.717, 1.165) is 6.07 Å². The molecule has 1 heterocycles. The van der Waals surface area contributed by atoms with Gasteiger partial charge in [-0.25, -0.2) is 4.99 Å². The van der Waals surface area contributed by atoms with Crippen molar-refractivity contribution in [3.8, 4) is 0 Å². The summed E-state index contributed by atoms with van der Waals surface area (Å²) < 4.78 is 39.1. The van der Waals surface area contributed by atoms with Crippen molar-refractivity contribution in [2.75, 3.05) is 6.67 Å². The predicted octanol–water partition coefficient (Wildman–Crippen LogP) is 3.95. The number of benzene rings is 1. The maximum absolute atomic E-state index is 13.0. The summed E-state index contributed by atoms with van der Waals surface area (Å²) in [6.07, 6.45) is -0.663. The van der Waals surface area contributed by atoms with Crippen LogP contribution in [0.15, 0.2) is 41.5 Å². The zero-order chi connectivity index (χ0) is 16.3. The Morgan fingerprint density at radius 1 is 1.18 bits per heavy atom. The molecule has 0 saturated carbocycles. The van der Waals surface area contributed by atoms with Crippen molar-refractivity contribution in [3.05, 3.63) is 47.7 Å². The van der Waals surface area contributed by atoms with Crippen LogP contribution in [0, 0.1) is 0 Å². The number of hydrogen-bond donors (Lipinski definition) is 1. The monoisotopic (exact) mass is 311 g/mol. The number of amidine groups is 1. The second-order valence-electron chi connectivity index (χ2n) is 5.56. The van der Waals surface area contributed by atoms with Gasteiger partial charge in [-0.2, -0.15) is 13.2 Å². The molecule has 0 fully saturated rings. The lowest BCUT2D eigenvalue weighted by molar-refractivity contribution is -0.138. The van der Waals surface area contributed by atoms with Crippen molar-refractivity contribution in [3.63, 3.8) is 0 Å². The van der Waals surface area contributed by atoms with Gasteiger partial charge in [-0.1, -0.05) is 18.2 Å². The molecule has 1 atom stereocenters. The summed E-state index contributed by atoms with van der Waals surface area (Å²) >= 11 is 0. The van der Waals surface area contributed by atoms with E-state index in [4.69, 9.17) is 0 Å². The van der Waals surface area contributed by atoms with Gasteiger partial charge in [0, 0.05) is 12.2 Å². The number of nitrogens with zero attached hydrogens (tertiary/aromatic N) is 2. The fourth-order valence-corrected chi connectivity index (χ4v) is 2.29. The Bertz CT molecular complexity index is 576. The van der Waals surface area contributed by atoms with E-state index in [1.165, 1.54) is 12.1 Å². The molecule has 1 aliphatic heterocycles. The highest BCUT2D eigenvalue weighted by Gasteiger charge is 2.34. The first-order chi connectivity index (χ1) is 10.3. The molecule has 0 bridgehead atoms. The third-order valence-corrected chi connectivity index (χ3v) is 3.59. The molecule has 1 aromatic carbocycles. The summed E-state index contributed by atoms with van der Waals surface area (Å²) in [5, 5.41) is 3.04. The zero-order valence-corrected chi connectivity index (χ0v) is 12.9. The maximum Gasteiger partial charge on any atom is 0.416 e. The molecule has 0 spiro atoms. The first kappa shape index (κ1) is 16.4. The Kier molecular flexibility index (Phi) is 4.78. The van der Waals surface area contributed by atoms with Crippen molar-refractivity contribution in [2.45, 2.75) is 39.0 Å². The Morgan fingerprint density at radius 2 is 1.86 bits per heavy atom. The third kappa shape index (κ3) is 3.81. The van der Waals surface area contributed by atoms with E-state index in [1.807, 2.05) is 11.1 Å². The first-order valence-electron chi connectivity index (χ1n) is 7.20. The average molecular weight is 311 g/mol. The second-order valence-corrected chi connectivity index (χ2v) is 5.56. The normalized spacial score (nSPS) is 16.7. The van der Waals surface area contributed by atoms with Gasteiger partial charge in [-0.05, 0) is 38.5 Å². The lowest BCUT2D eigenvalue weighted by atomic mass is 10.0. The van der Waals surface area contributed by atoms with Crippen LogP contribution in [0.2, 0.25) is 0 Å². The number of halogens is 3. The van der Waals surface area contributed by atoms with E-state index in [0.29, 0.717) is 18.5 Å². The van der Waals surface area contributed by atoms with E-state index in [2.05, 4.69) is 24.2 Å². The number of hydrogen-bond acceptors (Lipinski definition) is 3. The van der Waals surface area contributed by atoms with Crippen LogP contribution in [0.1, 0.15) is 37.9 Å². The SMILES string of the molecule is CC(NC1=NCN(C(C)C)C=C1)c1ccccc1C(F)(F)F. The largest absolute Gasteiger partial charge is 0.416 e. The Balaban J connectivity index is 2.12. The van der Waals surface area contributed by atoms with Crippen LogP contribution in [-0.2, 0) is 6.18 Å². The molecule has 120 valence electrons. The summed E-state index contributed by atoms with van der Waals surface area (Å²) in [6.45, 7) is 6.32. The minimum absolute atomic E-state index is 0.220. The van der Waals surface area contributed by atoms with Crippen LogP contribution in [0.4, 0.5) is 13.2 Å². The van der Waals surface area contributed by atoms with Crippen LogP contribution in [0.25, 0.3) is 0 Å². The molecule has 2 rings (SSSR count). The van der Waals surface area contributed by atoms with Gasteiger partial charge in [0.2, 0.25) is 0 Å². The molecule has 1 aromatic rings. The van der Waals surface area contributed by atoms with Crippen LogP contribution in [-0.4, -0.2) is 23.4 Å². The lowest BCUT2D eigenvalue weighted by Crippen LogP contribution is -2.34. The van der Waals surface area contributed by atoms with Gasteiger partial charge >= 0.3 is 6.18 Å². The topological polar surface area (TPSA) is 27.6 Å². The van der Waals surface area contributed by atoms with Crippen molar-refractivity contribution < 1.29 is 13.2 Å². The van der Waals surface area contributed by atoms with E-state index in [9.17, 15) is 13.2 Å². The highest BCUT2D eigenvalue weighted by Crippen LogP contribution is 2.34. The Hall–Kier alpha value is -1.98. The number of aliphatic imine (C=N–C) groups is 1. The Labute approximate surface area is 128 Å². The van der Waals surface area contributed by atoms with Crippen molar-refractivity contribution in [1.29, 1.82) is 0 Å². The molecule has 0 radical (unpaired) electrons. The van der Waals surface area contributed by atoms with Crippen molar-refractivity contribution in [1.82, 2.24) is 10.2 Å². The molecule has 1 aliphatic rings. The van der Waals surface area contributed by atoms with Gasteiger partial charge in [0.25, 0.3) is 0 Å². The highest BCUT2D eigenvalue weighted by molar-refractivity contribution is 5.93. The van der Waals surface area contributed by atoms with Crippen LogP contribution in [0.5, 0.6) is 0 Å². The fourth-order valence-electron chi connectivity index (χ4n) is 2.29. The number of alkyl halides is 3. The molecule has 3 nitrogen and oxygen atoms in total. The first-order valence-corrected chi connectivity index (χ1v) is 7.20. The second kappa shape index (κ2) is 6.42. The summed E-state index contributed by atoms with van der Waals surface area (Å²) in [5.41, 5.74) is -0.392. The smallest absolute Gasteiger partial charge is 0.364 e. The third-order valence-electron chi connectivity index (χ3n) is 3.59. The summed E-state index contributed by atoms with van der Waals surface area (Å²) in [5.74, 6) is 0.598. The summed E-state index contributed by atoms with van der Waals surface area (Å²) in [7, 11) is 0. The van der Waals surface area contributed by atoms with E-state index in [1.54, 1.807) is 19.1 Å². The molecule has 22 heavy (non-hydrogen) atoms. The highest BCUT2D eigenvalue weighted by atomic mass is 19.4. The molecule has 1 unspecified atom stereocenters. The molecule has 0 amide bonds. The van der Waals surface area contributed by atoms with E-state index < -0.39 is 17.8 Å². The summed E-state index contributed by atoms with van der Waals surface area (Å²) in [6, 6.07) is 5.47. The predicted molar refractivity (Wildman–Crippen MR) is 81.4 cm³/mol. The number of nitrogens with one attached hydrogen (secondary N) is 1. The van der Waals surface area contributed by atoms with Gasteiger partial charge in [-0.3, -0.25) is 0 Å². The molecule has 0 aliphatic carbocycles. The van der Waals surface area contributed by atoms with Gasteiger partial charge in [-0.15, -0.1) is 0 Å².